The van der Waals surface area contributed by atoms with E-state index >= 15 is 0 Å². The fraction of sp³-hybridized carbons (Fsp3) is 0.0769. The van der Waals surface area contributed by atoms with Gasteiger partial charge in [-0.05, 0) is 41.2 Å². The van der Waals surface area contributed by atoms with Crippen molar-refractivity contribution in [1.82, 2.24) is 5.43 Å². The second-order valence-electron chi connectivity index (χ2n) is 3.82. The smallest absolute Gasteiger partial charge is 0.184 e. The molecule has 0 saturated heterocycles. The Hall–Kier alpha value is -2.34. The average Bonchev–Trinajstić information content (AvgIpc) is 2.40. The number of aromatic hydroxyl groups is 1. The number of hydrogen-bond acceptors (Lipinski definition) is 4. The van der Waals surface area contributed by atoms with E-state index in [1.54, 1.807) is 13.2 Å². The molecule has 0 amide bonds. The third-order valence-corrected chi connectivity index (χ3v) is 2.71. The molecule has 0 aliphatic carbocycles. The maximum absolute atomic E-state index is 9.91. The summed E-state index contributed by atoms with van der Waals surface area (Å²) >= 11 is 4.65. The zero-order valence-corrected chi connectivity index (χ0v) is 11.1. The topological polar surface area (TPSA) is 79.9 Å². The fourth-order valence-electron chi connectivity index (χ4n) is 1.73. The number of hydrazone groups is 1. The van der Waals surface area contributed by atoms with Gasteiger partial charge in [0.25, 0.3) is 0 Å². The molecule has 0 radical (unpaired) electrons. The first kappa shape index (κ1) is 13.1. The summed E-state index contributed by atoms with van der Waals surface area (Å²) < 4.78 is 5.18. The van der Waals surface area contributed by atoms with Crippen molar-refractivity contribution in [3.63, 3.8) is 0 Å². The van der Waals surface area contributed by atoms with Crippen LogP contribution in [-0.4, -0.2) is 23.5 Å². The Labute approximate surface area is 115 Å². The Morgan fingerprint density at radius 1 is 1.42 bits per heavy atom. The fourth-order valence-corrected chi connectivity index (χ4v) is 1.79. The number of ether oxygens (including phenoxy) is 1. The zero-order chi connectivity index (χ0) is 13.8. The number of phenolic OH excluding ortho intramolecular Hbond substituents is 1. The van der Waals surface area contributed by atoms with E-state index in [9.17, 15) is 5.11 Å². The lowest BCUT2D eigenvalue weighted by molar-refractivity contribution is 0.415. The highest BCUT2D eigenvalue weighted by atomic mass is 32.1. The van der Waals surface area contributed by atoms with Crippen LogP contribution in [0.15, 0.2) is 35.4 Å². The number of phenols is 1. The van der Waals surface area contributed by atoms with E-state index in [1.807, 2.05) is 24.3 Å². The molecule has 0 aliphatic rings. The maximum atomic E-state index is 9.91. The number of nitrogens with two attached hydrogens (primary N) is 1. The summed E-state index contributed by atoms with van der Waals surface area (Å²) in [7, 11) is 1.59. The molecule has 0 atom stereocenters. The molecule has 0 aromatic heterocycles. The van der Waals surface area contributed by atoms with Crippen LogP contribution in [0, 0.1) is 0 Å². The van der Waals surface area contributed by atoms with Gasteiger partial charge in [0.15, 0.2) is 5.11 Å². The molecule has 2 aromatic rings. The monoisotopic (exact) mass is 275 g/mol. The number of rotatable bonds is 3. The van der Waals surface area contributed by atoms with E-state index in [2.05, 4.69) is 22.7 Å². The lowest BCUT2D eigenvalue weighted by Crippen LogP contribution is -2.24. The van der Waals surface area contributed by atoms with E-state index < -0.39 is 0 Å². The van der Waals surface area contributed by atoms with E-state index in [0.29, 0.717) is 11.3 Å². The molecule has 2 aromatic carbocycles. The van der Waals surface area contributed by atoms with E-state index in [1.165, 1.54) is 6.21 Å². The van der Waals surface area contributed by atoms with Crippen molar-refractivity contribution < 1.29 is 9.84 Å². The largest absolute Gasteiger partial charge is 0.507 e. The normalized spacial score (nSPS) is 10.8. The van der Waals surface area contributed by atoms with Gasteiger partial charge >= 0.3 is 0 Å². The molecule has 5 nitrogen and oxygen atoms in total. The lowest BCUT2D eigenvalue weighted by Gasteiger charge is -2.07. The van der Waals surface area contributed by atoms with Gasteiger partial charge in [-0.1, -0.05) is 12.1 Å². The number of methoxy groups -OCH3 is 1. The van der Waals surface area contributed by atoms with Gasteiger partial charge in [-0.25, -0.2) is 0 Å². The predicted octanol–water partition coefficient (Wildman–Crippen LogP) is 1.72. The Morgan fingerprint density at radius 3 is 2.84 bits per heavy atom. The van der Waals surface area contributed by atoms with Crippen LogP contribution in [-0.2, 0) is 0 Å². The SMILES string of the molecule is COc1ccc2ccc(O)c(C=NNC(N)=S)c2c1. The first-order chi connectivity index (χ1) is 9.11. The number of nitrogens with zero attached hydrogens (tertiary/aromatic N) is 1. The van der Waals surface area contributed by atoms with E-state index in [-0.39, 0.29) is 10.9 Å². The van der Waals surface area contributed by atoms with Gasteiger partial charge in [-0.2, -0.15) is 5.10 Å². The van der Waals surface area contributed by atoms with Crippen molar-refractivity contribution in [3.05, 3.63) is 35.9 Å². The summed E-state index contributed by atoms with van der Waals surface area (Å²) in [5.74, 6) is 0.823. The quantitative estimate of drug-likeness (QED) is 0.451. The summed E-state index contributed by atoms with van der Waals surface area (Å²) in [5.41, 5.74) is 8.30. The van der Waals surface area contributed by atoms with E-state index in [0.717, 1.165) is 10.8 Å². The van der Waals surface area contributed by atoms with Gasteiger partial charge in [0.05, 0.1) is 13.3 Å². The zero-order valence-electron chi connectivity index (χ0n) is 10.3. The Bertz CT molecular complexity index is 656. The van der Waals surface area contributed by atoms with Crippen LogP contribution in [0.2, 0.25) is 0 Å². The first-order valence-corrected chi connectivity index (χ1v) is 5.91. The number of nitrogens with one attached hydrogen (secondary N) is 1. The summed E-state index contributed by atoms with van der Waals surface area (Å²) in [6.45, 7) is 0. The number of benzene rings is 2. The van der Waals surface area contributed by atoms with E-state index in [4.69, 9.17) is 10.5 Å². The van der Waals surface area contributed by atoms with Gasteiger partial charge < -0.3 is 15.6 Å². The van der Waals surface area contributed by atoms with Crippen LogP contribution >= 0.6 is 12.2 Å². The van der Waals surface area contributed by atoms with Crippen LogP contribution in [0.5, 0.6) is 11.5 Å². The molecule has 6 heteroatoms. The third-order valence-electron chi connectivity index (χ3n) is 2.62. The molecule has 0 fully saturated rings. The molecule has 19 heavy (non-hydrogen) atoms. The first-order valence-electron chi connectivity index (χ1n) is 5.50. The minimum absolute atomic E-state index is 0.0635. The lowest BCUT2D eigenvalue weighted by atomic mass is 10.0. The van der Waals surface area contributed by atoms with Crippen molar-refractivity contribution in [2.75, 3.05) is 7.11 Å². The third kappa shape index (κ3) is 2.92. The van der Waals surface area contributed by atoms with Crippen LogP contribution < -0.4 is 15.9 Å². The highest BCUT2D eigenvalue weighted by Crippen LogP contribution is 2.28. The second-order valence-corrected chi connectivity index (χ2v) is 4.26. The Balaban J connectivity index is 2.53. The van der Waals surface area contributed by atoms with Crippen molar-refractivity contribution >= 4 is 34.3 Å². The van der Waals surface area contributed by atoms with Gasteiger partial charge in [-0.15, -0.1) is 0 Å². The van der Waals surface area contributed by atoms with Crippen molar-refractivity contribution in [3.8, 4) is 11.5 Å². The average molecular weight is 275 g/mol. The van der Waals surface area contributed by atoms with Gasteiger partial charge in [0.1, 0.15) is 11.5 Å². The molecule has 0 heterocycles. The van der Waals surface area contributed by atoms with Crippen molar-refractivity contribution in [2.24, 2.45) is 10.8 Å². The minimum Gasteiger partial charge on any atom is -0.507 e. The second kappa shape index (κ2) is 5.53. The van der Waals surface area contributed by atoms with Gasteiger partial charge in [-0.3, -0.25) is 5.43 Å². The predicted molar refractivity (Wildman–Crippen MR) is 79.7 cm³/mol. The van der Waals surface area contributed by atoms with Gasteiger partial charge in [0, 0.05) is 5.56 Å². The molecule has 98 valence electrons. The highest BCUT2D eigenvalue weighted by Gasteiger charge is 2.06. The summed E-state index contributed by atoms with van der Waals surface area (Å²) in [6, 6.07) is 9.02. The molecule has 0 spiro atoms. The molecular weight excluding hydrogens is 262 g/mol. The highest BCUT2D eigenvalue weighted by molar-refractivity contribution is 7.80. The van der Waals surface area contributed by atoms with Crippen LogP contribution in [0.25, 0.3) is 10.8 Å². The van der Waals surface area contributed by atoms with Crippen molar-refractivity contribution in [1.29, 1.82) is 0 Å². The Morgan fingerprint density at radius 2 is 2.16 bits per heavy atom. The minimum atomic E-state index is 0.0635. The van der Waals surface area contributed by atoms with Crippen LogP contribution in [0.3, 0.4) is 0 Å². The molecule has 0 saturated carbocycles. The standard InChI is InChI=1S/C13H13N3O2S/c1-18-9-4-2-8-3-5-12(17)11(10(8)6-9)7-15-16-13(14)19/h2-7,17H,1H3,(H3,14,16,19). The number of thiocarbonyl (C=S) groups is 1. The van der Waals surface area contributed by atoms with Gasteiger partial charge in [0.2, 0.25) is 0 Å². The summed E-state index contributed by atoms with van der Waals surface area (Å²) in [6.07, 6.45) is 1.47. The number of hydrogen-bond donors (Lipinski definition) is 3. The molecular formula is C13H13N3O2S. The molecule has 0 aliphatic heterocycles. The molecule has 2 rings (SSSR count). The van der Waals surface area contributed by atoms with Crippen molar-refractivity contribution in [2.45, 2.75) is 0 Å². The van der Waals surface area contributed by atoms with Crippen LogP contribution in [0.1, 0.15) is 5.56 Å². The molecule has 4 N–H and O–H groups in total. The van der Waals surface area contributed by atoms with Crippen LogP contribution in [0.4, 0.5) is 0 Å². The molecule has 0 bridgehead atoms. The summed E-state index contributed by atoms with van der Waals surface area (Å²) in [4.78, 5) is 0. The number of fused-ring (bicyclic) bond motifs is 1. The maximum Gasteiger partial charge on any atom is 0.184 e. The Kier molecular flexibility index (Phi) is 3.82. The molecule has 0 unspecified atom stereocenters. The summed E-state index contributed by atoms with van der Waals surface area (Å²) in [5, 5.41) is 15.6.